The zero-order chi connectivity index (χ0) is 13.2. The molecule has 1 fully saturated rings. The van der Waals surface area contributed by atoms with Crippen molar-refractivity contribution in [3.63, 3.8) is 0 Å². The van der Waals surface area contributed by atoms with Crippen LogP contribution in [0.4, 0.5) is 0 Å². The lowest BCUT2D eigenvalue weighted by Gasteiger charge is -2.20. The van der Waals surface area contributed by atoms with Gasteiger partial charge in [0.2, 0.25) is 0 Å². The molecule has 0 spiro atoms. The lowest BCUT2D eigenvalue weighted by Crippen LogP contribution is -2.17. The van der Waals surface area contributed by atoms with Crippen LogP contribution < -0.4 is 0 Å². The summed E-state index contributed by atoms with van der Waals surface area (Å²) in [6.07, 6.45) is 6.63. The third-order valence-electron chi connectivity index (χ3n) is 3.59. The van der Waals surface area contributed by atoms with Crippen molar-refractivity contribution in [2.24, 2.45) is 5.92 Å². The van der Waals surface area contributed by atoms with Crippen LogP contribution in [0, 0.1) is 5.92 Å². The Bertz CT molecular complexity index is 600. The number of aromatic nitrogens is 2. The van der Waals surface area contributed by atoms with E-state index in [0.29, 0.717) is 5.92 Å². The Morgan fingerprint density at radius 1 is 1.37 bits per heavy atom. The van der Waals surface area contributed by atoms with E-state index in [1.165, 1.54) is 0 Å². The molecule has 1 saturated heterocycles. The summed E-state index contributed by atoms with van der Waals surface area (Å²) in [6.45, 7) is 1.67. The summed E-state index contributed by atoms with van der Waals surface area (Å²) in [7, 11) is 0. The second kappa shape index (κ2) is 5.01. The first-order valence-corrected chi connectivity index (χ1v) is 6.51. The van der Waals surface area contributed by atoms with Gasteiger partial charge in [0.15, 0.2) is 0 Å². The monoisotopic (exact) mass is 260 g/mol. The van der Waals surface area contributed by atoms with Gasteiger partial charge in [0.1, 0.15) is 5.65 Å². The summed E-state index contributed by atoms with van der Waals surface area (Å²) in [5.74, 6) is -0.292. The largest absolute Gasteiger partial charge is 0.478 e. The van der Waals surface area contributed by atoms with Crippen molar-refractivity contribution in [3.05, 3.63) is 35.8 Å². The third-order valence-corrected chi connectivity index (χ3v) is 3.59. The fourth-order valence-corrected chi connectivity index (χ4v) is 2.52. The van der Waals surface area contributed by atoms with E-state index in [0.717, 1.165) is 43.8 Å². The summed E-state index contributed by atoms with van der Waals surface area (Å²) in [5.41, 5.74) is 2.10. The minimum absolute atomic E-state index is 0.280. The molecule has 0 aromatic carbocycles. The van der Waals surface area contributed by atoms with Crippen LogP contribution in [0.2, 0.25) is 0 Å². The van der Waals surface area contributed by atoms with Crippen molar-refractivity contribution in [1.29, 1.82) is 0 Å². The van der Waals surface area contributed by atoms with Gasteiger partial charge in [-0.2, -0.15) is 0 Å². The van der Waals surface area contributed by atoms with E-state index in [1.807, 2.05) is 6.20 Å². The summed E-state index contributed by atoms with van der Waals surface area (Å²) in [5, 5.41) is 8.96. The minimum atomic E-state index is -0.915. The zero-order valence-electron chi connectivity index (χ0n) is 10.6. The highest BCUT2D eigenvalue weighted by Crippen LogP contribution is 2.20. The first-order valence-electron chi connectivity index (χ1n) is 6.51. The van der Waals surface area contributed by atoms with E-state index in [4.69, 9.17) is 9.84 Å². The van der Waals surface area contributed by atoms with Gasteiger partial charge in [-0.3, -0.25) is 0 Å². The molecule has 0 atom stereocenters. The Labute approximate surface area is 110 Å². The predicted molar refractivity (Wildman–Crippen MR) is 69.4 cm³/mol. The standard InChI is InChI=1S/C14H16N2O3/c17-14(18)11-1-2-13-15-12(9-16(13)8-11)7-10-3-5-19-6-4-10/h1-2,8-10H,3-7H2,(H,17,18). The number of carbonyl (C=O) groups is 1. The number of carboxylic acids is 1. The normalized spacial score (nSPS) is 16.8. The molecule has 5 heteroatoms. The summed E-state index contributed by atoms with van der Waals surface area (Å²) in [6, 6.07) is 3.33. The second-order valence-corrected chi connectivity index (χ2v) is 4.98. The molecule has 2 aromatic heterocycles. The number of ether oxygens (including phenoxy) is 1. The smallest absolute Gasteiger partial charge is 0.337 e. The molecule has 0 bridgehead atoms. The maximum atomic E-state index is 10.9. The van der Waals surface area contributed by atoms with Crippen molar-refractivity contribution in [1.82, 2.24) is 9.38 Å². The highest BCUT2D eigenvalue weighted by molar-refractivity contribution is 5.87. The molecule has 2 aromatic rings. The van der Waals surface area contributed by atoms with Crippen LogP contribution in [0.15, 0.2) is 24.5 Å². The molecule has 1 N–H and O–H groups in total. The van der Waals surface area contributed by atoms with E-state index in [1.54, 1.807) is 22.7 Å². The van der Waals surface area contributed by atoms with Crippen LogP contribution >= 0.6 is 0 Å². The van der Waals surface area contributed by atoms with Crippen LogP contribution in [0.1, 0.15) is 28.9 Å². The van der Waals surface area contributed by atoms with Gasteiger partial charge in [0.05, 0.1) is 11.3 Å². The number of fused-ring (bicyclic) bond motifs is 1. The molecular formula is C14H16N2O3. The van der Waals surface area contributed by atoms with Crippen molar-refractivity contribution < 1.29 is 14.6 Å². The Morgan fingerprint density at radius 3 is 2.89 bits per heavy atom. The number of aromatic carboxylic acids is 1. The highest BCUT2D eigenvalue weighted by Gasteiger charge is 2.16. The minimum Gasteiger partial charge on any atom is -0.478 e. The molecule has 19 heavy (non-hydrogen) atoms. The molecule has 0 unspecified atom stereocenters. The molecule has 3 rings (SSSR count). The van der Waals surface area contributed by atoms with E-state index in [-0.39, 0.29) is 5.56 Å². The van der Waals surface area contributed by atoms with Crippen molar-refractivity contribution >= 4 is 11.6 Å². The number of imidazole rings is 1. The molecule has 1 aliphatic heterocycles. The highest BCUT2D eigenvalue weighted by atomic mass is 16.5. The predicted octanol–water partition coefficient (Wildman–Crippen LogP) is 2.00. The molecule has 5 nitrogen and oxygen atoms in total. The summed E-state index contributed by atoms with van der Waals surface area (Å²) < 4.78 is 7.14. The Balaban J connectivity index is 1.82. The van der Waals surface area contributed by atoms with Gasteiger partial charge in [-0.1, -0.05) is 0 Å². The van der Waals surface area contributed by atoms with Crippen LogP contribution in [0.5, 0.6) is 0 Å². The Kier molecular flexibility index (Phi) is 3.21. The molecule has 0 aliphatic carbocycles. The fraction of sp³-hybridized carbons (Fsp3) is 0.429. The summed E-state index contributed by atoms with van der Waals surface area (Å²) >= 11 is 0. The number of carboxylic acid groups (broad SMARTS) is 1. The van der Waals surface area contributed by atoms with Crippen LogP contribution in [0.3, 0.4) is 0 Å². The summed E-state index contributed by atoms with van der Waals surface area (Å²) in [4.78, 5) is 15.5. The fourth-order valence-electron chi connectivity index (χ4n) is 2.52. The topological polar surface area (TPSA) is 63.8 Å². The molecule has 0 radical (unpaired) electrons. The van der Waals surface area contributed by atoms with E-state index in [2.05, 4.69) is 4.98 Å². The van der Waals surface area contributed by atoms with Gasteiger partial charge >= 0.3 is 5.97 Å². The quantitative estimate of drug-likeness (QED) is 0.916. The van der Waals surface area contributed by atoms with Gasteiger partial charge in [-0.15, -0.1) is 0 Å². The van der Waals surface area contributed by atoms with Gasteiger partial charge in [-0.25, -0.2) is 9.78 Å². The first-order chi connectivity index (χ1) is 9.22. The van der Waals surface area contributed by atoms with Gasteiger partial charge in [-0.05, 0) is 37.3 Å². The maximum absolute atomic E-state index is 10.9. The average molecular weight is 260 g/mol. The Morgan fingerprint density at radius 2 is 2.16 bits per heavy atom. The Hall–Kier alpha value is -1.88. The molecule has 100 valence electrons. The van der Waals surface area contributed by atoms with Crippen LogP contribution in [0.25, 0.3) is 5.65 Å². The first kappa shape index (κ1) is 12.2. The second-order valence-electron chi connectivity index (χ2n) is 4.98. The van der Waals surface area contributed by atoms with Gasteiger partial charge < -0.3 is 14.2 Å². The number of pyridine rings is 1. The molecule has 1 aliphatic rings. The van der Waals surface area contributed by atoms with Crippen molar-refractivity contribution in [2.45, 2.75) is 19.3 Å². The van der Waals surface area contributed by atoms with Gasteiger partial charge in [0, 0.05) is 25.6 Å². The van der Waals surface area contributed by atoms with Crippen LogP contribution in [-0.4, -0.2) is 33.7 Å². The molecule has 3 heterocycles. The van der Waals surface area contributed by atoms with E-state index < -0.39 is 5.97 Å². The number of rotatable bonds is 3. The third kappa shape index (κ3) is 2.61. The van der Waals surface area contributed by atoms with Gasteiger partial charge in [0.25, 0.3) is 0 Å². The maximum Gasteiger partial charge on any atom is 0.337 e. The average Bonchev–Trinajstić information content (AvgIpc) is 2.80. The van der Waals surface area contributed by atoms with E-state index >= 15 is 0 Å². The zero-order valence-corrected chi connectivity index (χ0v) is 10.6. The van der Waals surface area contributed by atoms with Crippen LogP contribution in [-0.2, 0) is 11.2 Å². The number of nitrogens with zero attached hydrogens (tertiary/aromatic N) is 2. The SMILES string of the molecule is O=C(O)c1ccc2nc(CC3CCOCC3)cn2c1. The van der Waals surface area contributed by atoms with Crippen molar-refractivity contribution in [2.75, 3.05) is 13.2 Å². The van der Waals surface area contributed by atoms with E-state index in [9.17, 15) is 4.79 Å². The molecule has 0 amide bonds. The van der Waals surface area contributed by atoms with Crippen molar-refractivity contribution in [3.8, 4) is 0 Å². The number of hydrogen-bond donors (Lipinski definition) is 1. The number of hydrogen-bond acceptors (Lipinski definition) is 3. The lowest BCUT2D eigenvalue weighted by atomic mass is 9.95. The lowest BCUT2D eigenvalue weighted by molar-refractivity contribution is 0.0662. The molecular weight excluding hydrogens is 244 g/mol. The molecule has 0 saturated carbocycles.